The Morgan fingerprint density at radius 1 is 1.23 bits per heavy atom. The van der Waals surface area contributed by atoms with Crippen LogP contribution in [0.25, 0.3) is 5.65 Å². The minimum atomic E-state index is -0.234. The van der Waals surface area contributed by atoms with E-state index in [1.807, 2.05) is 40.7 Å². The molecule has 2 fully saturated rings. The Balaban J connectivity index is 1.39. The Bertz CT molecular complexity index is 1060. The van der Waals surface area contributed by atoms with Crippen LogP contribution in [0.1, 0.15) is 73.6 Å². The van der Waals surface area contributed by atoms with Crippen LogP contribution in [-0.4, -0.2) is 44.9 Å². The number of carbonyl (C=O) groups is 1. The molecule has 8 heteroatoms. The van der Waals surface area contributed by atoms with Crippen molar-refractivity contribution in [3.8, 4) is 5.75 Å². The average Bonchev–Trinajstić information content (AvgIpc) is 3.54. The summed E-state index contributed by atoms with van der Waals surface area (Å²) in [6.07, 6.45) is 12.5. The number of aromatic nitrogens is 4. The van der Waals surface area contributed by atoms with Crippen LogP contribution in [-0.2, 0) is 4.74 Å². The van der Waals surface area contributed by atoms with Crippen LogP contribution >= 0.6 is 0 Å². The molecule has 3 aromatic rings. The molecule has 8 nitrogen and oxygen atoms in total. The van der Waals surface area contributed by atoms with Gasteiger partial charge >= 0.3 is 0 Å². The van der Waals surface area contributed by atoms with Crippen molar-refractivity contribution in [3.05, 3.63) is 42.1 Å². The number of carbonyl (C=O) groups excluding carboxylic acids is 1. The number of pyridine rings is 1. The van der Waals surface area contributed by atoms with Gasteiger partial charge < -0.3 is 19.2 Å². The van der Waals surface area contributed by atoms with E-state index in [0.29, 0.717) is 35.7 Å². The lowest BCUT2D eigenvalue weighted by Gasteiger charge is -2.19. The second-order valence-corrected chi connectivity index (χ2v) is 8.38. The number of amides is 1. The smallest absolute Gasteiger partial charge is 0.276 e. The van der Waals surface area contributed by atoms with E-state index in [1.165, 1.54) is 12.8 Å². The fourth-order valence-electron chi connectivity index (χ4n) is 4.61. The summed E-state index contributed by atoms with van der Waals surface area (Å²) in [5.41, 5.74) is 2.91. The molecule has 1 saturated carbocycles. The zero-order valence-electron chi connectivity index (χ0n) is 17.9. The van der Waals surface area contributed by atoms with E-state index in [-0.39, 0.29) is 5.91 Å². The van der Waals surface area contributed by atoms with Crippen molar-refractivity contribution >= 4 is 17.2 Å². The fraction of sp³-hybridized carbons (Fsp3) is 0.522. The maximum atomic E-state index is 12.9. The van der Waals surface area contributed by atoms with Gasteiger partial charge in [0, 0.05) is 43.8 Å². The first-order valence-corrected chi connectivity index (χ1v) is 11.3. The number of anilines is 1. The summed E-state index contributed by atoms with van der Waals surface area (Å²) in [5, 5.41) is 7.51. The molecule has 31 heavy (non-hydrogen) atoms. The lowest BCUT2D eigenvalue weighted by molar-refractivity contribution is 0.0846. The fourth-order valence-corrected chi connectivity index (χ4v) is 4.61. The van der Waals surface area contributed by atoms with Gasteiger partial charge in [0.2, 0.25) is 0 Å². The normalized spacial score (nSPS) is 18.0. The van der Waals surface area contributed by atoms with E-state index >= 15 is 0 Å². The third-order valence-electron chi connectivity index (χ3n) is 6.30. The number of nitrogens with one attached hydrogen (secondary N) is 1. The molecule has 164 valence electrons. The van der Waals surface area contributed by atoms with Gasteiger partial charge in [0.15, 0.2) is 5.69 Å². The molecule has 0 unspecified atom stereocenters. The lowest BCUT2D eigenvalue weighted by atomic mass is 9.97. The van der Waals surface area contributed by atoms with E-state index < -0.39 is 0 Å². The number of imidazole rings is 1. The van der Waals surface area contributed by atoms with Crippen LogP contribution in [0, 0.1) is 0 Å². The van der Waals surface area contributed by atoms with Crippen molar-refractivity contribution in [1.29, 1.82) is 0 Å². The Morgan fingerprint density at radius 2 is 2.03 bits per heavy atom. The SMILES string of the molecule is CCOc1cc2nc(C3CCOCC3)cn2cc1NC(=O)c1ccn(C2CCCC2)n1. The first kappa shape index (κ1) is 20.1. The highest BCUT2D eigenvalue weighted by atomic mass is 16.5. The molecule has 0 radical (unpaired) electrons. The molecule has 1 saturated heterocycles. The molecule has 1 aliphatic carbocycles. The first-order valence-electron chi connectivity index (χ1n) is 11.3. The number of fused-ring (bicyclic) bond motifs is 1. The topological polar surface area (TPSA) is 82.7 Å². The summed E-state index contributed by atoms with van der Waals surface area (Å²) in [6.45, 7) is 3.98. The van der Waals surface area contributed by atoms with Crippen molar-refractivity contribution in [2.45, 2.75) is 57.4 Å². The molecule has 0 aromatic carbocycles. The number of rotatable bonds is 6. The van der Waals surface area contributed by atoms with E-state index in [1.54, 1.807) is 6.07 Å². The second-order valence-electron chi connectivity index (χ2n) is 8.38. The molecule has 3 aromatic heterocycles. The van der Waals surface area contributed by atoms with Crippen molar-refractivity contribution in [2.24, 2.45) is 0 Å². The van der Waals surface area contributed by atoms with Crippen LogP contribution in [0.3, 0.4) is 0 Å². The zero-order valence-corrected chi connectivity index (χ0v) is 17.9. The Morgan fingerprint density at radius 3 is 2.81 bits per heavy atom. The van der Waals surface area contributed by atoms with Crippen LogP contribution in [0.4, 0.5) is 5.69 Å². The third-order valence-corrected chi connectivity index (χ3v) is 6.30. The Hall–Kier alpha value is -2.87. The molecular weight excluding hydrogens is 394 g/mol. The van der Waals surface area contributed by atoms with Crippen molar-refractivity contribution in [2.75, 3.05) is 25.1 Å². The summed E-state index contributed by atoms with van der Waals surface area (Å²) in [7, 11) is 0. The Kier molecular flexibility index (Phi) is 5.63. The minimum Gasteiger partial charge on any atom is -0.491 e. The minimum absolute atomic E-state index is 0.234. The van der Waals surface area contributed by atoms with Crippen LogP contribution in [0.2, 0.25) is 0 Å². The zero-order chi connectivity index (χ0) is 21.2. The number of hydrogen-bond acceptors (Lipinski definition) is 5. The van der Waals surface area contributed by atoms with E-state index in [4.69, 9.17) is 14.5 Å². The largest absolute Gasteiger partial charge is 0.491 e. The molecule has 0 atom stereocenters. The predicted octanol–water partition coefficient (Wildman–Crippen LogP) is 4.19. The first-order chi connectivity index (χ1) is 15.2. The van der Waals surface area contributed by atoms with Crippen molar-refractivity contribution in [3.63, 3.8) is 0 Å². The molecule has 2 aliphatic rings. The highest BCUT2D eigenvalue weighted by molar-refractivity contribution is 6.03. The van der Waals surface area contributed by atoms with Crippen LogP contribution < -0.4 is 10.1 Å². The number of ether oxygens (including phenoxy) is 2. The maximum Gasteiger partial charge on any atom is 0.276 e. The van der Waals surface area contributed by atoms with Crippen molar-refractivity contribution < 1.29 is 14.3 Å². The molecule has 1 N–H and O–H groups in total. The highest BCUT2D eigenvalue weighted by Gasteiger charge is 2.22. The maximum absolute atomic E-state index is 12.9. The average molecular weight is 424 g/mol. The van der Waals surface area contributed by atoms with Gasteiger partial charge in [-0.25, -0.2) is 4.98 Å². The number of nitrogens with zero attached hydrogens (tertiary/aromatic N) is 4. The summed E-state index contributed by atoms with van der Waals surface area (Å²) in [6, 6.07) is 4.08. The summed E-state index contributed by atoms with van der Waals surface area (Å²) < 4.78 is 15.2. The molecule has 4 heterocycles. The standard InChI is InChI=1S/C23H29N5O3/c1-2-31-21-13-22-24-19(16-8-11-30-12-9-16)14-27(22)15-20(21)25-23(29)18-7-10-28(26-18)17-5-3-4-6-17/h7,10,13-17H,2-6,8-9,11-12H2,1H3,(H,25,29). The van der Waals surface area contributed by atoms with E-state index in [9.17, 15) is 4.79 Å². The van der Waals surface area contributed by atoms with Gasteiger partial charge in [0.25, 0.3) is 5.91 Å². The van der Waals surface area contributed by atoms with E-state index in [2.05, 4.69) is 10.4 Å². The molecule has 1 aliphatic heterocycles. The Labute approximate surface area is 181 Å². The third kappa shape index (κ3) is 4.17. The van der Waals surface area contributed by atoms with Gasteiger partial charge in [0.1, 0.15) is 17.1 Å². The summed E-state index contributed by atoms with van der Waals surface area (Å²) in [4.78, 5) is 17.7. The quantitative estimate of drug-likeness (QED) is 0.643. The van der Waals surface area contributed by atoms with Crippen molar-refractivity contribution in [1.82, 2.24) is 19.2 Å². The summed E-state index contributed by atoms with van der Waals surface area (Å²) in [5.74, 6) is 0.784. The highest BCUT2D eigenvalue weighted by Crippen LogP contribution is 2.31. The predicted molar refractivity (Wildman–Crippen MR) is 117 cm³/mol. The monoisotopic (exact) mass is 423 g/mol. The van der Waals surface area contributed by atoms with Gasteiger partial charge in [-0.1, -0.05) is 12.8 Å². The van der Waals surface area contributed by atoms with Crippen LogP contribution in [0.5, 0.6) is 5.75 Å². The van der Waals surface area contributed by atoms with Gasteiger partial charge in [-0.05, 0) is 38.7 Å². The van der Waals surface area contributed by atoms with Gasteiger partial charge in [-0.2, -0.15) is 5.10 Å². The molecular formula is C23H29N5O3. The molecule has 5 rings (SSSR count). The number of hydrogen-bond donors (Lipinski definition) is 1. The molecule has 1 amide bonds. The molecule has 0 spiro atoms. The summed E-state index contributed by atoms with van der Waals surface area (Å²) >= 11 is 0. The van der Waals surface area contributed by atoms with Crippen LogP contribution in [0.15, 0.2) is 30.7 Å². The van der Waals surface area contributed by atoms with Gasteiger partial charge in [-0.15, -0.1) is 0 Å². The lowest BCUT2D eigenvalue weighted by Crippen LogP contribution is -2.15. The van der Waals surface area contributed by atoms with Gasteiger partial charge in [0.05, 0.1) is 18.3 Å². The molecule has 0 bridgehead atoms. The second kappa shape index (κ2) is 8.70. The van der Waals surface area contributed by atoms with Gasteiger partial charge in [-0.3, -0.25) is 9.48 Å². The van der Waals surface area contributed by atoms with E-state index in [0.717, 1.165) is 50.2 Å².